The highest BCUT2D eigenvalue weighted by Crippen LogP contribution is 2.19. The average Bonchev–Trinajstić information content (AvgIpc) is 2.56. The maximum Gasteiger partial charge on any atom is 0.255 e. The summed E-state index contributed by atoms with van der Waals surface area (Å²) in [5, 5.41) is 0. The highest BCUT2D eigenvalue weighted by molar-refractivity contribution is 5.94. The van der Waals surface area contributed by atoms with Crippen molar-refractivity contribution >= 4 is 5.91 Å². The maximum atomic E-state index is 12.7. The molecule has 1 atom stereocenters. The minimum absolute atomic E-state index is 0.0110. The molecule has 2 aromatic rings. The molecule has 0 spiro atoms. The molecule has 2 heterocycles. The zero-order chi connectivity index (χ0) is 15.5. The smallest absolute Gasteiger partial charge is 0.255 e. The maximum absolute atomic E-state index is 12.7. The van der Waals surface area contributed by atoms with Crippen LogP contribution in [0, 0.1) is 0 Å². The Kier molecular flexibility index (Phi) is 4.09. The number of amides is 1. The minimum Gasteiger partial charge on any atom is -0.336 e. The second-order valence-electron chi connectivity index (χ2n) is 5.80. The Hall–Kier alpha value is -2.36. The summed E-state index contributed by atoms with van der Waals surface area (Å²) in [5.41, 5.74) is 1.21. The van der Waals surface area contributed by atoms with E-state index in [-0.39, 0.29) is 17.5 Å². The van der Waals surface area contributed by atoms with Crippen LogP contribution in [0.25, 0.3) is 5.69 Å². The number of piperidine rings is 1. The number of para-hydroxylation sites is 1. The molecule has 22 heavy (non-hydrogen) atoms. The Labute approximate surface area is 130 Å². The van der Waals surface area contributed by atoms with Crippen molar-refractivity contribution < 1.29 is 4.79 Å². The molecular weight excluding hydrogens is 276 g/mol. The molecule has 0 saturated carbocycles. The van der Waals surface area contributed by atoms with E-state index < -0.39 is 0 Å². The van der Waals surface area contributed by atoms with Gasteiger partial charge in [0.15, 0.2) is 0 Å². The van der Waals surface area contributed by atoms with Crippen molar-refractivity contribution in [3.8, 4) is 5.69 Å². The van der Waals surface area contributed by atoms with E-state index in [1.165, 1.54) is 17.1 Å². The van der Waals surface area contributed by atoms with Crippen LogP contribution in [0.3, 0.4) is 0 Å². The summed E-state index contributed by atoms with van der Waals surface area (Å²) < 4.78 is 1.53. The zero-order valence-corrected chi connectivity index (χ0v) is 12.7. The van der Waals surface area contributed by atoms with Crippen molar-refractivity contribution in [1.29, 1.82) is 0 Å². The summed E-state index contributed by atoms with van der Waals surface area (Å²) in [6.07, 6.45) is 4.92. The van der Waals surface area contributed by atoms with Crippen LogP contribution in [0.2, 0.25) is 0 Å². The van der Waals surface area contributed by atoms with Gasteiger partial charge < -0.3 is 4.90 Å². The van der Waals surface area contributed by atoms with Crippen molar-refractivity contribution in [3.05, 3.63) is 64.6 Å². The van der Waals surface area contributed by atoms with E-state index in [1.807, 2.05) is 35.2 Å². The lowest BCUT2D eigenvalue weighted by atomic mass is 10.0. The minimum atomic E-state index is -0.130. The average molecular weight is 296 g/mol. The van der Waals surface area contributed by atoms with E-state index in [2.05, 4.69) is 6.92 Å². The molecule has 1 aromatic carbocycles. The Morgan fingerprint density at radius 3 is 2.59 bits per heavy atom. The number of nitrogens with zero attached hydrogens (tertiary/aromatic N) is 2. The van der Waals surface area contributed by atoms with Gasteiger partial charge in [0.1, 0.15) is 0 Å². The third-order valence-electron chi connectivity index (χ3n) is 4.26. The first kappa shape index (κ1) is 14.6. The van der Waals surface area contributed by atoms with Crippen molar-refractivity contribution in [3.63, 3.8) is 0 Å². The second-order valence-corrected chi connectivity index (χ2v) is 5.80. The van der Waals surface area contributed by atoms with Crippen molar-refractivity contribution in [2.75, 3.05) is 6.54 Å². The number of rotatable bonds is 2. The predicted molar refractivity (Wildman–Crippen MR) is 86.4 cm³/mol. The molecule has 1 aromatic heterocycles. The summed E-state index contributed by atoms with van der Waals surface area (Å²) >= 11 is 0. The normalized spacial score (nSPS) is 18.2. The number of carbonyl (C=O) groups excluding carboxylic acids is 1. The van der Waals surface area contributed by atoms with E-state index in [0.29, 0.717) is 5.56 Å². The van der Waals surface area contributed by atoms with Gasteiger partial charge in [-0.05, 0) is 44.4 Å². The highest BCUT2D eigenvalue weighted by atomic mass is 16.2. The number of hydrogen-bond acceptors (Lipinski definition) is 2. The SMILES string of the molecule is C[C@H]1CCCCN1C(=O)c1ccc(=O)n(-c2ccccc2)c1. The Morgan fingerprint density at radius 2 is 1.86 bits per heavy atom. The Balaban J connectivity index is 1.95. The number of likely N-dealkylation sites (tertiary alicyclic amines) is 1. The second kappa shape index (κ2) is 6.18. The molecule has 4 heteroatoms. The van der Waals surface area contributed by atoms with Crippen LogP contribution in [0.4, 0.5) is 0 Å². The van der Waals surface area contributed by atoms with Gasteiger partial charge in [-0.25, -0.2) is 0 Å². The monoisotopic (exact) mass is 296 g/mol. The number of carbonyl (C=O) groups is 1. The number of aromatic nitrogens is 1. The fourth-order valence-corrected chi connectivity index (χ4v) is 2.97. The molecule has 1 fully saturated rings. The molecule has 114 valence electrons. The molecule has 3 rings (SSSR count). The molecule has 0 unspecified atom stereocenters. The summed E-state index contributed by atoms with van der Waals surface area (Å²) in [4.78, 5) is 26.7. The summed E-state index contributed by atoms with van der Waals surface area (Å²) in [7, 11) is 0. The standard InChI is InChI=1S/C18H20N2O2/c1-14-7-5-6-12-19(14)18(22)15-10-11-17(21)20(13-15)16-8-3-2-4-9-16/h2-4,8-11,13-14H,5-7,12H2,1H3/t14-/m0/s1. The van der Waals surface area contributed by atoms with Gasteiger partial charge in [0.05, 0.1) is 5.56 Å². The first-order chi connectivity index (χ1) is 10.7. The number of pyridine rings is 1. The first-order valence-corrected chi connectivity index (χ1v) is 7.76. The lowest BCUT2D eigenvalue weighted by Crippen LogP contribution is -2.42. The van der Waals surface area contributed by atoms with Gasteiger partial charge in [-0.15, -0.1) is 0 Å². The van der Waals surface area contributed by atoms with E-state index in [4.69, 9.17) is 0 Å². The highest BCUT2D eigenvalue weighted by Gasteiger charge is 2.24. The number of benzene rings is 1. The van der Waals surface area contributed by atoms with Crippen molar-refractivity contribution in [2.24, 2.45) is 0 Å². The summed E-state index contributed by atoms with van der Waals surface area (Å²) in [6, 6.07) is 12.7. The fraction of sp³-hybridized carbons (Fsp3) is 0.333. The van der Waals surface area contributed by atoms with E-state index in [1.54, 1.807) is 12.3 Å². The van der Waals surface area contributed by atoms with E-state index in [9.17, 15) is 9.59 Å². The topological polar surface area (TPSA) is 42.3 Å². The third kappa shape index (κ3) is 2.82. The molecule has 1 aliphatic heterocycles. The van der Waals surface area contributed by atoms with Crippen LogP contribution >= 0.6 is 0 Å². The van der Waals surface area contributed by atoms with Gasteiger partial charge in [-0.1, -0.05) is 18.2 Å². The first-order valence-electron chi connectivity index (χ1n) is 7.76. The van der Waals surface area contributed by atoms with Crippen LogP contribution in [-0.4, -0.2) is 28.0 Å². The summed E-state index contributed by atoms with van der Waals surface area (Å²) in [5.74, 6) is 0.0110. The molecule has 0 N–H and O–H groups in total. The van der Waals surface area contributed by atoms with Gasteiger partial charge in [0.25, 0.3) is 11.5 Å². The van der Waals surface area contributed by atoms with Crippen LogP contribution < -0.4 is 5.56 Å². The molecule has 0 bridgehead atoms. The van der Waals surface area contributed by atoms with Gasteiger partial charge in [0, 0.05) is 30.5 Å². The van der Waals surface area contributed by atoms with Crippen LogP contribution in [0.15, 0.2) is 53.5 Å². The Bertz CT molecular complexity index is 721. The van der Waals surface area contributed by atoms with Gasteiger partial charge in [0.2, 0.25) is 0 Å². The molecule has 4 nitrogen and oxygen atoms in total. The third-order valence-corrected chi connectivity index (χ3v) is 4.26. The van der Waals surface area contributed by atoms with E-state index in [0.717, 1.165) is 25.1 Å². The summed E-state index contributed by atoms with van der Waals surface area (Å²) in [6.45, 7) is 2.88. The quantitative estimate of drug-likeness (QED) is 0.855. The zero-order valence-electron chi connectivity index (χ0n) is 12.7. The largest absolute Gasteiger partial charge is 0.336 e. The van der Waals surface area contributed by atoms with Gasteiger partial charge in [-0.3, -0.25) is 14.2 Å². The van der Waals surface area contributed by atoms with Gasteiger partial charge >= 0.3 is 0 Å². The number of hydrogen-bond donors (Lipinski definition) is 0. The van der Waals surface area contributed by atoms with E-state index >= 15 is 0 Å². The van der Waals surface area contributed by atoms with Crippen LogP contribution in [-0.2, 0) is 0 Å². The molecule has 0 radical (unpaired) electrons. The molecule has 0 aliphatic carbocycles. The predicted octanol–water partition coefficient (Wildman–Crippen LogP) is 2.85. The van der Waals surface area contributed by atoms with Crippen molar-refractivity contribution in [2.45, 2.75) is 32.2 Å². The Morgan fingerprint density at radius 1 is 1.09 bits per heavy atom. The lowest BCUT2D eigenvalue weighted by Gasteiger charge is -2.33. The van der Waals surface area contributed by atoms with Gasteiger partial charge in [-0.2, -0.15) is 0 Å². The molecule has 1 saturated heterocycles. The fourth-order valence-electron chi connectivity index (χ4n) is 2.97. The van der Waals surface area contributed by atoms with Crippen LogP contribution in [0.1, 0.15) is 36.5 Å². The van der Waals surface area contributed by atoms with Crippen LogP contribution in [0.5, 0.6) is 0 Å². The van der Waals surface area contributed by atoms with Crippen molar-refractivity contribution in [1.82, 2.24) is 9.47 Å². The molecular formula is C18H20N2O2. The lowest BCUT2D eigenvalue weighted by molar-refractivity contribution is 0.0635. The molecule has 1 aliphatic rings. The molecule has 1 amide bonds.